The SMILES string of the molecule is CCCCO[P+](=O)OCCCC.[Na]. The Morgan fingerprint density at radius 1 is 1.00 bits per heavy atom. The summed E-state index contributed by atoms with van der Waals surface area (Å²) >= 11 is 0. The summed E-state index contributed by atoms with van der Waals surface area (Å²) in [6.07, 6.45) is 3.99. The van der Waals surface area contributed by atoms with E-state index < -0.39 is 8.25 Å². The van der Waals surface area contributed by atoms with Crippen LogP contribution in [0, 0.1) is 0 Å². The van der Waals surface area contributed by atoms with Crippen molar-refractivity contribution in [3.63, 3.8) is 0 Å². The third-order valence-corrected chi connectivity index (χ3v) is 2.18. The van der Waals surface area contributed by atoms with E-state index in [4.69, 9.17) is 9.05 Å². The van der Waals surface area contributed by atoms with Gasteiger partial charge in [-0.1, -0.05) is 26.7 Å². The van der Waals surface area contributed by atoms with Gasteiger partial charge in [0.2, 0.25) is 0 Å². The molecule has 0 heterocycles. The Balaban J connectivity index is 0. The van der Waals surface area contributed by atoms with E-state index in [9.17, 15) is 4.57 Å². The van der Waals surface area contributed by atoms with Gasteiger partial charge in [0.05, 0.1) is 0 Å². The summed E-state index contributed by atoms with van der Waals surface area (Å²) in [7, 11) is -1.85. The average Bonchev–Trinajstić information content (AvgIpc) is 2.06. The number of rotatable bonds is 8. The second-order valence-electron chi connectivity index (χ2n) is 2.60. The van der Waals surface area contributed by atoms with Gasteiger partial charge in [0.15, 0.2) is 0 Å². The maximum Gasteiger partial charge on any atom is 0.697 e. The molecule has 0 aromatic rings. The first-order valence-electron chi connectivity index (χ1n) is 4.54. The van der Waals surface area contributed by atoms with Crippen LogP contribution in [0.4, 0.5) is 0 Å². The minimum Gasteiger partial charge on any atom is -0.119 e. The molecule has 0 saturated heterocycles. The van der Waals surface area contributed by atoms with Crippen LogP contribution >= 0.6 is 8.25 Å². The van der Waals surface area contributed by atoms with Gasteiger partial charge in [-0.3, -0.25) is 0 Å². The molecule has 13 heavy (non-hydrogen) atoms. The zero-order valence-corrected chi connectivity index (χ0v) is 11.8. The minimum absolute atomic E-state index is 0. The molecular weight excluding hydrogens is 198 g/mol. The Bertz CT molecular complexity index is 110. The maximum atomic E-state index is 10.9. The molecule has 0 rings (SSSR count). The summed E-state index contributed by atoms with van der Waals surface area (Å²) in [5.74, 6) is 0. The molecule has 0 aromatic carbocycles. The van der Waals surface area contributed by atoms with E-state index in [1.807, 2.05) is 0 Å². The molecule has 0 bridgehead atoms. The van der Waals surface area contributed by atoms with Gasteiger partial charge in [0.25, 0.3) is 0 Å². The monoisotopic (exact) mass is 216 g/mol. The summed E-state index contributed by atoms with van der Waals surface area (Å²) in [6, 6.07) is 0. The van der Waals surface area contributed by atoms with Crippen LogP contribution in [0.5, 0.6) is 0 Å². The van der Waals surface area contributed by atoms with Gasteiger partial charge >= 0.3 is 8.25 Å². The van der Waals surface area contributed by atoms with E-state index in [0.717, 1.165) is 25.7 Å². The molecule has 0 amide bonds. The molecule has 1 radical (unpaired) electrons. The molecule has 73 valence electrons. The largest absolute Gasteiger partial charge is 0.697 e. The van der Waals surface area contributed by atoms with Gasteiger partial charge < -0.3 is 0 Å². The van der Waals surface area contributed by atoms with Gasteiger partial charge in [0, 0.05) is 34.1 Å². The Hall–Kier alpha value is 1.02. The van der Waals surface area contributed by atoms with E-state index >= 15 is 0 Å². The van der Waals surface area contributed by atoms with Crippen LogP contribution in [-0.2, 0) is 13.6 Å². The third-order valence-electron chi connectivity index (χ3n) is 1.39. The molecule has 0 fully saturated rings. The van der Waals surface area contributed by atoms with Crippen LogP contribution in [0.15, 0.2) is 0 Å². The topological polar surface area (TPSA) is 35.5 Å². The summed E-state index contributed by atoms with van der Waals surface area (Å²) in [4.78, 5) is 0. The number of unbranched alkanes of at least 4 members (excludes halogenated alkanes) is 2. The van der Waals surface area contributed by atoms with E-state index in [2.05, 4.69) is 13.8 Å². The first-order chi connectivity index (χ1) is 5.81. The fraction of sp³-hybridized carbons (Fsp3) is 1.00. The zero-order valence-electron chi connectivity index (χ0n) is 8.91. The molecule has 0 unspecified atom stereocenters. The summed E-state index contributed by atoms with van der Waals surface area (Å²) in [5, 5.41) is 0. The predicted octanol–water partition coefficient (Wildman–Crippen LogP) is 2.90. The smallest absolute Gasteiger partial charge is 0.119 e. The van der Waals surface area contributed by atoms with Crippen LogP contribution in [0.3, 0.4) is 0 Å². The van der Waals surface area contributed by atoms with E-state index in [1.54, 1.807) is 0 Å². The average molecular weight is 216 g/mol. The predicted molar refractivity (Wildman–Crippen MR) is 55.1 cm³/mol. The number of hydrogen-bond donors (Lipinski definition) is 0. The normalized spacial score (nSPS) is 9.38. The molecule has 0 spiro atoms. The van der Waals surface area contributed by atoms with Gasteiger partial charge in [-0.05, 0) is 12.8 Å². The molecule has 0 aliphatic heterocycles. The Morgan fingerprint density at radius 2 is 1.38 bits per heavy atom. The fourth-order valence-corrected chi connectivity index (χ4v) is 1.23. The molecule has 0 atom stereocenters. The first-order valence-corrected chi connectivity index (χ1v) is 5.63. The zero-order chi connectivity index (χ0) is 9.23. The van der Waals surface area contributed by atoms with Crippen LogP contribution in [0.25, 0.3) is 0 Å². The van der Waals surface area contributed by atoms with Crippen LogP contribution in [0.2, 0.25) is 0 Å². The summed E-state index contributed by atoms with van der Waals surface area (Å²) in [6.45, 7) is 5.21. The molecule has 5 heteroatoms. The molecule has 0 N–H and O–H groups in total. The molecule has 0 aromatic heterocycles. The van der Waals surface area contributed by atoms with Gasteiger partial charge in [-0.25, -0.2) is 0 Å². The molecule has 0 aliphatic rings. The first kappa shape index (κ1) is 16.4. The second kappa shape index (κ2) is 13.0. The van der Waals surface area contributed by atoms with Crippen molar-refractivity contribution in [3.05, 3.63) is 0 Å². The summed E-state index contributed by atoms with van der Waals surface area (Å²) < 4.78 is 20.7. The van der Waals surface area contributed by atoms with E-state index in [1.165, 1.54) is 0 Å². The van der Waals surface area contributed by atoms with Gasteiger partial charge in [-0.2, -0.15) is 0 Å². The van der Waals surface area contributed by atoms with Crippen molar-refractivity contribution in [2.75, 3.05) is 13.2 Å². The van der Waals surface area contributed by atoms with Gasteiger partial charge in [0.1, 0.15) is 13.2 Å². The van der Waals surface area contributed by atoms with Crippen molar-refractivity contribution in [2.24, 2.45) is 0 Å². The Morgan fingerprint density at radius 3 is 1.69 bits per heavy atom. The standard InChI is InChI=1S/C8H18O3P.Na/c1-3-5-7-10-12(9)11-8-6-4-2;/h3-8H2,1-2H3;/q+1;. The van der Waals surface area contributed by atoms with Crippen molar-refractivity contribution in [1.82, 2.24) is 0 Å². The molecule has 3 nitrogen and oxygen atoms in total. The third kappa shape index (κ3) is 13.0. The summed E-state index contributed by atoms with van der Waals surface area (Å²) in [5.41, 5.74) is 0. The van der Waals surface area contributed by atoms with Crippen molar-refractivity contribution < 1.29 is 13.6 Å². The van der Waals surface area contributed by atoms with Crippen LogP contribution < -0.4 is 0 Å². The van der Waals surface area contributed by atoms with Gasteiger partial charge in [-0.15, -0.1) is 9.05 Å². The van der Waals surface area contributed by atoms with Crippen molar-refractivity contribution in [1.29, 1.82) is 0 Å². The maximum absolute atomic E-state index is 10.9. The van der Waals surface area contributed by atoms with Crippen LogP contribution in [0.1, 0.15) is 39.5 Å². The van der Waals surface area contributed by atoms with E-state index in [-0.39, 0.29) is 29.6 Å². The fourth-order valence-electron chi connectivity index (χ4n) is 0.604. The quantitative estimate of drug-likeness (QED) is 0.355. The molecule has 0 aliphatic carbocycles. The number of hydrogen-bond acceptors (Lipinski definition) is 3. The molecule has 0 saturated carbocycles. The molecular formula is C8H18NaO3P+. The minimum atomic E-state index is -1.85. The van der Waals surface area contributed by atoms with E-state index in [0.29, 0.717) is 13.2 Å². The second-order valence-corrected chi connectivity index (χ2v) is 3.56. The Labute approximate surface area is 104 Å². The van der Waals surface area contributed by atoms with Crippen LogP contribution in [-0.4, -0.2) is 42.8 Å². The van der Waals surface area contributed by atoms with Crippen molar-refractivity contribution in [2.45, 2.75) is 39.5 Å². The van der Waals surface area contributed by atoms with Crippen molar-refractivity contribution in [3.8, 4) is 0 Å². The Kier molecular flexibility index (Phi) is 16.5. The van der Waals surface area contributed by atoms with Crippen molar-refractivity contribution >= 4 is 37.8 Å².